The average Bonchev–Trinajstić information content (AvgIpc) is 2.49. The van der Waals surface area contributed by atoms with Gasteiger partial charge in [0.15, 0.2) is 0 Å². The fourth-order valence-corrected chi connectivity index (χ4v) is 2.91. The highest BCUT2D eigenvalue weighted by molar-refractivity contribution is 7.92. The Morgan fingerprint density at radius 2 is 1.86 bits per heavy atom. The summed E-state index contributed by atoms with van der Waals surface area (Å²) in [6.45, 7) is 0.422. The van der Waals surface area contributed by atoms with E-state index in [0.29, 0.717) is 5.69 Å². The number of amides is 2. The quantitative estimate of drug-likeness (QED) is 0.523. The van der Waals surface area contributed by atoms with Crippen LogP contribution in [0, 0.1) is 0 Å². The lowest BCUT2D eigenvalue weighted by Gasteiger charge is -2.18. The molecule has 0 saturated heterocycles. The standard InChI is InChI=1S/C16H23F3N4O4S/c1-11(24)21-12-5-6-14(22-28(3,26)27)13(9-12)15(25)20-7-4-8-23(2)10-16(17,18)19/h5-6,9,22H,4,7-8,10H2,1-3H3,(H,20,25)(H,21,24). The molecule has 0 spiro atoms. The molecule has 0 fully saturated rings. The highest BCUT2D eigenvalue weighted by Crippen LogP contribution is 2.22. The minimum atomic E-state index is -4.30. The first-order valence-electron chi connectivity index (χ1n) is 8.20. The van der Waals surface area contributed by atoms with Crippen LogP contribution in [-0.2, 0) is 14.8 Å². The predicted octanol–water partition coefficient (Wildman–Crippen LogP) is 1.63. The number of nitrogens with zero attached hydrogens (tertiary/aromatic N) is 1. The zero-order chi connectivity index (χ0) is 21.5. The van der Waals surface area contributed by atoms with Crippen LogP contribution >= 0.6 is 0 Å². The first-order valence-corrected chi connectivity index (χ1v) is 10.1. The van der Waals surface area contributed by atoms with E-state index in [1.54, 1.807) is 0 Å². The van der Waals surface area contributed by atoms with Gasteiger partial charge in [0, 0.05) is 19.2 Å². The lowest BCUT2D eigenvalue weighted by atomic mass is 10.1. The molecule has 2 amide bonds. The van der Waals surface area contributed by atoms with Gasteiger partial charge >= 0.3 is 6.18 Å². The third-order valence-electron chi connectivity index (χ3n) is 3.33. The van der Waals surface area contributed by atoms with Crippen LogP contribution in [0.15, 0.2) is 18.2 Å². The Kier molecular flexibility index (Phi) is 8.24. The maximum atomic E-state index is 12.4. The molecule has 3 N–H and O–H groups in total. The molecule has 0 aromatic heterocycles. The average molecular weight is 424 g/mol. The van der Waals surface area contributed by atoms with E-state index in [9.17, 15) is 31.2 Å². The highest BCUT2D eigenvalue weighted by Gasteiger charge is 2.28. The molecule has 0 unspecified atom stereocenters. The minimum absolute atomic E-state index is 0.0169. The van der Waals surface area contributed by atoms with Crippen molar-refractivity contribution in [2.75, 3.05) is 43.0 Å². The van der Waals surface area contributed by atoms with Crippen molar-refractivity contribution in [1.82, 2.24) is 10.2 Å². The first kappa shape index (κ1) is 23.7. The van der Waals surface area contributed by atoms with E-state index in [0.717, 1.165) is 11.2 Å². The van der Waals surface area contributed by atoms with E-state index in [1.165, 1.54) is 32.2 Å². The van der Waals surface area contributed by atoms with Gasteiger partial charge in [-0.1, -0.05) is 0 Å². The Morgan fingerprint density at radius 1 is 1.21 bits per heavy atom. The number of halogens is 3. The molecule has 0 radical (unpaired) electrons. The third kappa shape index (κ3) is 9.55. The van der Waals surface area contributed by atoms with Gasteiger partial charge < -0.3 is 10.6 Å². The van der Waals surface area contributed by atoms with E-state index in [-0.39, 0.29) is 36.7 Å². The number of carbonyl (C=O) groups excluding carboxylic acids is 2. The summed E-state index contributed by atoms with van der Waals surface area (Å²) in [4.78, 5) is 24.7. The number of alkyl halides is 3. The lowest BCUT2D eigenvalue weighted by Crippen LogP contribution is -2.34. The second kappa shape index (κ2) is 9.73. The number of sulfonamides is 1. The zero-order valence-corrected chi connectivity index (χ0v) is 16.5. The monoisotopic (exact) mass is 424 g/mol. The second-order valence-corrected chi connectivity index (χ2v) is 8.03. The number of hydrogen-bond donors (Lipinski definition) is 3. The van der Waals surface area contributed by atoms with Crippen LogP contribution < -0.4 is 15.4 Å². The van der Waals surface area contributed by atoms with Crippen LogP contribution in [0.1, 0.15) is 23.7 Å². The molecular weight excluding hydrogens is 401 g/mol. The van der Waals surface area contributed by atoms with Gasteiger partial charge in [-0.25, -0.2) is 8.42 Å². The Bertz CT molecular complexity index is 813. The van der Waals surface area contributed by atoms with Gasteiger partial charge in [0.25, 0.3) is 5.91 Å². The zero-order valence-electron chi connectivity index (χ0n) is 15.7. The number of carbonyl (C=O) groups is 2. The largest absolute Gasteiger partial charge is 0.401 e. The van der Waals surface area contributed by atoms with Crippen LogP contribution in [0.3, 0.4) is 0 Å². The van der Waals surface area contributed by atoms with Crippen molar-refractivity contribution < 1.29 is 31.2 Å². The van der Waals surface area contributed by atoms with Crippen molar-refractivity contribution in [2.24, 2.45) is 0 Å². The maximum Gasteiger partial charge on any atom is 0.401 e. The molecule has 0 aliphatic heterocycles. The Morgan fingerprint density at radius 3 is 2.39 bits per heavy atom. The third-order valence-corrected chi connectivity index (χ3v) is 3.92. The fourth-order valence-electron chi connectivity index (χ4n) is 2.33. The summed E-state index contributed by atoms with van der Waals surface area (Å²) in [5.74, 6) is -1.00. The molecule has 1 aromatic rings. The van der Waals surface area contributed by atoms with E-state index in [4.69, 9.17) is 0 Å². The van der Waals surface area contributed by atoms with Crippen molar-refractivity contribution in [3.8, 4) is 0 Å². The van der Waals surface area contributed by atoms with Crippen molar-refractivity contribution in [3.63, 3.8) is 0 Å². The summed E-state index contributed by atoms with van der Waals surface area (Å²) < 4.78 is 62.0. The topological polar surface area (TPSA) is 108 Å². The molecule has 0 aliphatic rings. The molecule has 0 aliphatic carbocycles. The predicted molar refractivity (Wildman–Crippen MR) is 99.7 cm³/mol. The number of rotatable bonds is 9. The minimum Gasteiger partial charge on any atom is -0.352 e. The van der Waals surface area contributed by atoms with Gasteiger partial charge in [-0.15, -0.1) is 0 Å². The van der Waals surface area contributed by atoms with E-state index >= 15 is 0 Å². The second-order valence-electron chi connectivity index (χ2n) is 6.28. The molecular formula is C16H23F3N4O4S. The van der Waals surface area contributed by atoms with Gasteiger partial charge in [0.1, 0.15) is 0 Å². The van der Waals surface area contributed by atoms with Gasteiger partial charge in [-0.05, 0) is 38.2 Å². The molecule has 158 valence electrons. The summed E-state index contributed by atoms with van der Waals surface area (Å²) >= 11 is 0. The van der Waals surface area contributed by atoms with Crippen LogP contribution in [0.25, 0.3) is 0 Å². The van der Waals surface area contributed by atoms with E-state index in [1.807, 2.05) is 0 Å². The van der Waals surface area contributed by atoms with Crippen LogP contribution in [-0.4, -0.2) is 64.2 Å². The van der Waals surface area contributed by atoms with E-state index in [2.05, 4.69) is 15.4 Å². The summed E-state index contributed by atoms with van der Waals surface area (Å²) in [7, 11) is -2.33. The van der Waals surface area contributed by atoms with Crippen LogP contribution in [0.5, 0.6) is 0 Å². The van der Waals surface area contributed by atoms with Crippen LogP contribution in [0.4, 0.5) is 24.5 Å². The van der Waals surface area contributed by atoms with Crippen LogP contribution in [0.2, 0.25) is 0 Å². The van der Waals surface area contributed by atoms with Gasteiger partial charge in [0.2, 0.25) is 15.9 Å². The first-order chi connectivity index (χ1) is 12.8. The van der Waals surface area contributed by atoms with Crippen molar-refractivity contribution in [1.29, 1.82) is 0 Å². The Hall–Kier alpha value is -2.34. The molecule has 0 bridgehead atoms. The molecule has 1 rings (SSSR count). The summed E-state index contributed by atoms with van der Waals surface area (Å²) in [6.07, 6.45) is -3.11. The van der Waals surface area contributed by atoms with Crippen molar-refractivity contribution in [3.05, 3.63) is 23.8 Å². The Labute approximate surface area is 161 Å². The number of nitrogens with one attached hydrogen (secondary N) is 3. The van der Waals surface area contributed by atoms with E-state index < -0.39 is 28.7 Å². The van der Waals surface area contributed by atoms with Gasteiger partial charge in [-0.3, -0.25) is 19.2 Å². The van der Waals surface area contributed by atoms with Crippen molar-refractivity contribution in [2.45, 2.75) is 19.5 Å². The molecule has 0 saturated carbocycles. The number of anilines is 2. The molecule has 0 atom stereocenters. The summed E-state index contributed by atoms with van der Waals surface area (Å²) in [5, 5.41) is 5.01. The molecule has 8 nitrogen and oxygen atoms in total. The number of benzene rings is 1. The summed E-state index contributed by atoms with van der Waals surface area (Å²) in [5.41, 5.74) is 0.283. The smallest absolute Gasteiger partial charge is 0.352 e. The fraction of sp³-hybridized carbons (Fsp3) is 0.500. The molecule has 0 heterocycles. The molecule has 12 heteroatoms. The lowest BCUT2D eigenvalue weighted by molar-refractivity contribution is -0.143. The number of hydrogen-bond acceptors (Lipinski definition) is 5. The molecule has 1 aromatic carbocycles. The maximum absolute atomic E-state index is 12.4. The SMILES string of the molecule is CC(=O)Nc1ccc(NS(C)(=O)=O)c(C(=O)NCCCN(C)CC(F)(F)F)c1. The van der Waals surface area contributed by atoms with Crippen molar-refractivity contribution >= 4 is 33.2 Å². The highest BCUT2D eigenvalue weighted by atomic mass is 32.2. The normalized spacial score (nSPS) is 12.0. The molecule has 28 heavy (non-hydrogen) atoms. The Balaban J connectivity index is 2.79. The van der Waals surface area contributed by atoms with Gasteiger partial charge in [0.05, 0.1) is 24.1 Å². The summed E-state index contributed by atoms with van der Waals surface area (Å²) in [6, 6.07) is 4.07. The van der Waals surface area contributed by atoms with Gasteiger partial charge in [-0.2, -0.15) is 13.2 Å².